The summed E-state index contributed by atoms with van der Waals surface area (Å²) in [6.45, 7) is 6.84. The highest BCUT2D eigenvalue weighted by Crippen LogP contribution is 2.19. The van der Waals surface area contributed by atoms with Gasteiger partial charge in [-0.25, -0.2) is 4.98 Å². The molecule has 1 aliphatic rings. The molecule has 1 saturated heterocycles. The number of carbonyl (C=O) groups excluding carboxylic acids is 1. The summed E-state index contributed by atoms with van der Waals surface area (Å²) < 4.78 is 2.03. The largest absolute Gasteiger partial charge is 0.343 e. The van der Waals surface area contributed by atoms with Crippen LogP contribution < -0.4 is 5.73 Å². The first-order chi connectivity index (χ1) is 9.58. The maximum atomic E-state index is 12.1. The highest BCUT2D eigenvalue weighted by Gasteiger charge is 2.18. The number of hydrogen-bond donors (Lipinski definition) is 1. The van der Waals surface area contributed by atoms with E-state index in [0.717, 1.165) is 38.0 Å². The fourth-order valence-corrected chi connectivity index (χ4v) is 2.80. The first kappa shape index (κ1) is 15.0. The molecule has 1 unspecified atom stereocenters. The van der Waals surface area contributed by atoms with Gasteiger partial charge in [0.15, 0.2) is 0 Å². The molecule has 5 nitrogen and oxygen atoms in total. The summed E-state index contributed by atoms with van der Waals surface area (Å²) in [5.41, 5.74) is 7.25. The van der Waals surface area contributed by atoms with Crippen LogP contribution in [0.3, 0.4) is 0 Å². The van der Waals surface area contributed by atoms with Gasteiger partial charge in [0, 0.05) is 38.3 Å². The molecule has 2 N–H and O–H groups in total. The summed E-state index contributed by atoms with van der Waals surface area (Å²) in [5.74, 6) is 0.805. The quantitative estimate of drug-likeness (QED) is 0.865. The van der Waals surface area contributed by atoms with Crippen molar-refractivity contribution in [2.24, 2.45) is 11.7 Å². The van der Waals surface area contributed by atoms with E-state index in [1.165, 1.54) is 0 Å². The van der Waals surface area contributed by atoms with Gasteiger partial charge in [0.05, 0.1) is 12.0 Å². The lowest BCUT2D eigenvalue weighted by molar-refractivity contribution is -0.130. The van der Waals surface area contributed by atoms with Crippen LogP contribution in [-0.4, -0.2) is 33.4 Å². The summed E-state index contributed by atoms with van der Waals surface area (Å²) in [5, 5.41) is 0. The monoisotopic (exact) mass is 278 g/mol. The minimum atomic E-state index is -0.000566. The molecule has 2 rings (SSSR count). The minimum absolute atomic E-state index is 0.000566. The lowest BCUT2D eigenvalue weighted by Gasteiger charge is -2.18. The average Bonchev–Trinajstić information content (AvgIpc) is 3.06. The predicted molar refractivity (Wildman–Crippen MR) is 79.0 cm³/mol. The maximum Gasteiger partial charge on any atom is 0.224 e. The number of carbonyl (C=O) groups is 1. The molecule has 2 heterocycles. The molecule has 0 aliphatic carbocycles. The number of nitrogens with zero attached hydrogens (tertiary/aromatic N) is 3. The Labute approximate surface area is 121 Å². The van der Waals surface area contributed by atoms with E-state index in [1.807, 2.05) is 15.7 Å². The van der Waals surface area contributed by atoms with Gasteiger partial charge < -0.3 is 15.2 Å². The van der Waals surface area contributed by atoms with Crippen molar-refractivity contribution in [1.29, 1.82) is 0 Å². The molecule has 0 aromatic carbocycles. The van der Waals surface area contributed by atoms with Crippen LogP contribution in [0.5, 0.6) is 0 Å². The van der Waals surface area contributed by atoms with Crippen molar-refractivity contribution < 1.29 is 4.79 Å². The fraction of sp³-hybridized carbons (Fsp3) is 0.733. The maximum absolute atomic E-state index is 12.1. The molecule has 1 atom stereocenters. The van der Waals surface area contributed by atoms with Gasteiger partial charge in [-0.1, -0.05) is 13.8 Å². The average molecular weight is 278 g/mol. The Hall–Kier alpha value is -1.36. The van der Waals surface area contributed by atoms with Crippen LogP contribution in [0.25, 0.3) is 0 Å². The zero-order valence-electron chi connectivity index (χ0n) is 12.6. The van der Waals surface area contributed by atoms with Crippen molar-refractivity contribution in [2.45, 2.75) is 52.1 Å². The number of nitrogens with two attached hydrogens (primary N) is 1. The molecule has 0 saturated carbocycles. The van der Waals surface area contributed by atoms with Gasteiger partial charge >= 0.3 is 0 Å². The SMILES string of the molecule is CC(C)CC(N)c1cncn1CCC(=O)N1CCCC1. The van der Waals surface area contributed by atoms with E-state index in [1.54, 1.807) is 6.33 Å². The smallest absolute Gasteiger partial charge is 0.224 e. The van der Waals surface area contributed by atoms with Gasteiger partial charge in [-0.05, 0) is 25.2 Å². The van der Waals surface area contributed by atoms with E-state index >= 15 is 0 Å². The predicted octanol–water partition coefficient (Wildman–Crippen LogP) is 1.94. The van der Waals surface area contributed by atoms with Gasteiger partial charge in [-0.15, -0.1) is 0 Å². The summed E-state index contributed by atoms with van der Waals surface area (Å²) >= 11 is 0. The number of likely N-dealkylation sites (tertiary alicyclic amines) is 1. The van der Waals surface area contributed by atoms with Crippen molar-refractivity contribution >= 4 is 5.91 Å². The van der Waals surface area contributed by atoms with Crippen LogP contribution in [0.15, 0.2) is 12.5 Å². The number of imidazole rings is 1. The lowest BCUT2D eigenvalue weighted by Crippen LogP contribution is -2.28. The topological polar surface area (TPSA) is 64.1 Å². The van der Waals surface area contributed by atoms with Crippen LogP contribution in [-0.2, 0) is 11.3 Å². The van der Waals surface area contributed by atoms with Crippen molar-refractivity contribution in [3.8, 4) is 0 Å². The molecule has 20 heavy (non-hydrogen) atoms. The summed E-state index contributed by atoms with van der Waals surface area (Å²) in [6, 6.07) is -0.000566. The number of amides is 1. The molecule has 1 aromatic heterocycles. The Balaban J connectivity index is 1.89. The molecule has 1 fully saturated rings. The Bertz CT molecular complexity index is 435. The van der Waals surface area contributed by atoms with Crippen LogP contribution in [0.1, 0.15) is 51.3 Å². The van der Waals surface area contributed by atoms with Crippen LogP contribution >= 0.6 is 0 Å². The van der Waals surface area contributed by atoms with E-state index in [4.69, 9.17) is 5.73 Å². The highest BCUT2D eigenvalue weighted by atomic mass is 16.2. The molecule has 1 aromatic rings. The number of rotatable bonds is 6. The van der Waals surface area contributed by atoms with E-state index in [-0.39, 0.29) is 11.9 Å². The van der Waals surface area contributed by atoms with Crippen LogP contribution in [0.2, 0.25) is 0 Å². The standard InChI is InChI=1S/C15H26N4O/c1-12(2)9-13(16)14-10-17-11-19(14)8-5-15(20)18-6-3-4-7-18/h10-13H,3-9,16H2,1-2H3. The second kappa shape index (κ2) is 6.88. The fourth-order valence-electron chi connectivity index (χ4n) is 2.80. The summed E-state index contributed by atoms with van der Waals surface area (Å²) in [7, 11) is 0. The molecular formula is C15H26N4O. The van der Waals surface area contributed by atoms with Gasteiger partial charge in [0.2, 0.25) is 5.91 Å². The Morgan fingerprint density at radius 3 is 2.75 bits per heavy atom. The van der Waals surface area contributed by atoms with Crippen LogP contribution in [0, 0.1) is 5.92 Å². The normalized spacial score (nSPS) is 16.9. The van der Waals surface area contributed by atoms with Crippen molar-refractivity contribution in [2.75, 3.05) is 13.1 Å². The van der Waals surface area contributed by atoms with E-state index in [9.17, 15) is 4.79 Å². The van der Waals surface area contributed by atoms with Gasteiger partial charge in [0.25, 0.3) is 0 Å². The van der Waals surface area contributed by atoms with E-state index < -0.39 is 0 Å². The Morgan fingerprint density at radius 2 is 2.10 bits per heavy atom. The van der Waals surface area contributed by atoms with Gasteiger partial charge in [-0.3, -0.25) is 4.79 Å². The molecular weight excluding hydrogens is 252 g/mol. The first-order valence-electron chi connectivity index (χ1n) is 7.61. The molecule has 1 aliphatic heterocycles. The Kier molecular flexibility index (Phi) is 5.17. The molecule has 1 amide bonds. The summed E-state index contributed by atoms with van der Waals surface area (Å²) in [6.07, 6.45) is 7.37. The zero-order chi connectivity index (χ0) is 14.5. The van der Waals surface area contributed by atoms with Crippen molar-refractivity contribution in [3.63, 3.8) is 0 Å². The Morgan fingerprint density at radius 1 is 1.40 bits per heavy atom. The van der Waals surface area contributed by atoms with Crippen molar-refractivity contribution in [3.05, 3.63) is 18.2 Å². The van der Waals surface area contributed by atoms with Crippen LogP contribution in [0.4, 0.5) is 0 Å². The third-order valence-electron chi connectivity index (χ3n) is 3.88. The second-order valence-corrected chi connectivity index (χ2v) is 6.09. The third-order valence-corrected chi connectivity index (χ3v) is 3.88. The number of hydrogen-bond acceptors (Lipinski definition) is 3. The van der Waals surface area contributed by atoms with Gasteiger partial charge in [-0.2, -0.15) is 0 Å². The highest BCUT2D eigenvalue weighted by molar-refractivity contribution is 5.76. The van der Waals surface area contributed by atoms with Crippen molar-refractivity contribution in [1.82, 2.24) is 14.5 Å². The van der Waals surface area contributed by atoms with E-state index in [2.05, 4.69) is 18.8 Å². The lowest BCUT2D eigenvalue weighted by atomic mass is 10.0. The minimum Gasteiger partial charge on any atom is -0.343 e. The molecule has 0 radical (unpaired) electrons. The first-order valence-corrected chi connectivity index (χ1v) is 7.61. The third kappa shape index (κ3) is 3.82. The number of aromatic nitrogens is 2. The zero-order valence-corrected chi connectivity index (χ0v) is 12.6. The molecule has 112 valence electrons. The van der Waals surface area contributed by atoms with Gasteiger partial charge in [0.1, 0.15) is 0 Å². The molecule has 5 heteroatoms. The summed E-state index contributed by atoms with van der Waals surface area (Å²) in [4.78, 5) is 18.2. The number of aryl methyl sites for hydroxylation is 1. The molecule has 0 bridgehead atoms. The molecule has 0 spiro atoms. The second-order valence-electron chi connectivity index (χ2n) is 6.09. The van der Waals surface area contributed by atoms with E-state index in [0.29, 0.717) is 18.9 Å².